The highest BCUT2D eigenvalue weighted by Gasteiger charge is 2.15. The lowest BCUT2D eigenvalue weighted by atomic mass is 10.2. The van der Waals surface area contributed by atoms with Crippen LogP contribution in [0.3, 0.4) is 0 Å². The van der Waals surface area contributed by atoms with Gasteiger partial charge in [-0.1, -0.05) is 32.0 Å². The van der Waals surface area contributed by atoms with Gasteiger partial charge in [-0.15, -0.1) is 0 Å². The SMILES string of the molecule is CC(C)COCC(O)CNC(=O)NC(C)c1cc2ccccc2o1. The van der Waals surface area contributed by atoms with Gasteiger partial charge in [0.25, 0.3) is 0 Å². The molecule has 0 bridgehead atoms. The molecule has 1 aromatic carbocycles. The third kappa shape index (κ3) is 5.54. The highest BCUT2D eigenvalue weighted by molar-refractivity contribution is 5.78. The molecule has 0 saturated heterocycles. The maximum Gasteiger partial charge on any atom is 0.315 e. The maximum atomic E-state index is 11.9. The summed E-state index contributed by atoms with van der Waals surface area (Å²) in [5.41, 5.74) is 0.791. The van der Waals surface area contributed by atoms with Crippen molar-refractivity contribution in [3.8, 4) is 0 Å². The number of fused-ring (bicyclic) bond motifs is 1. The zero-order valence-corrected chi connectivity index (χ0v) is 14.4. The van der Waals surface area contributed by atoms with Crippen LogP contribution in [0, 0.1) is 5.92 Å². The molecule has 2 amide bonds. The van der Waals surface area contributed by atoms with Crippen molar-refractivity contribution in [3.05, 3.63) is 36.1 Å². The van der Waals surface area contributed by atoms with E-state index < -0.39 is 6.10 Å². The van der Waals surface area contributed by atoms with Crippen LogP contribution in [0.4, 0.5) is 4.79 Å². The molecule has 2 rings (SSSR count). The van der Waals surface area contributed by atoms with Gasteiger partial charge in [-0.25, -0.2) is 4.79 Å². The average Bonchev–Trinajstić information content (AvgIpc) is 2.97. The second kappa shape index (κ2) is 8.70. The van der Waals surface area contributed by atoms with E-state index >= 15 is 0 Å². The maximum absolute atomic E-state index is 11.9. The third-order valence-electron chi connectivity index (χ3n) is 3.48. The molecule has 132 valence electrons. The molecule has 2 atom stereocenters. The zero-order valence-electron chi connectivity index (χ0n) is 14.4. The molecule has 3 N–H and O–H groups in total. The summed E-state index contributed by atoms with van der Waals surface area (Å²) in [6, 6.07) is 8.98. The number of urea groups is 1. The zero-order chi connectivity index (χ0) is 17.5. The van der Waals surface area contributed by atoms with Crippen molar-refractivity contribution in [2.45, 2.75) is 32.9 Å². The fraction of sp³-hybridized carbons (Fsp3) is 0.500. The standard InChI is InChI=1S/C18H26N2O4/c1-12(2)10-23-11-15(21)9-19-18(22)20-13(3)17-8-14-6-4-5-7-16(14)24-17/h4-8,12-13,15,21H,9-11H2,1-3H3,(H2,19,20,22). The van der Waals surface area contributed by atoms with E-state index in [1.54, 1.807) is 0 Å². The number of hydrogen-bond donors (Lipinski definition) is 3. The number of nitrogens with one attached hydrogen (secondary N) is 2. The van der Waals surface area contributed by atoms with Crippen LogP contribution < -0.4 is 10.6 Å². The number of rotatable bonds is 8. The van der Waals surface area contributed by atoms with Crippen LogP contribution in [-0.2, 0) is 4.74 Å². The Morgan fingerprint density at radius 1 is 1.25 bits per heavy atom. The van der Waals surface area contributed by atoms with Gasteiger partial charge in [-0.05, 0) is 25.0 Å². The first-order valence-corrected chi connectivity index (χ1v) is 8.24. The minimum Gasteiger partial charge on any atom is -0.459 e. The first kappa shape index (κ1) is 18.3. The highest BCUT2D eigenvalue weighted by atomic mass is 16.5. The van der Waals surface area contributed by atoms with Gasteiger partial charge in [0.2, 0.25) is 0 Å². The predicted octanol–water partition coefficient (Wildman–Crippen LogP) is 2.83. The number of amides is 2. The number of carbonyl (C=O) groups is 1. The summed E-state index contributed by atoms with van der Waals surface area (Å²) in [5, 5.41) is 16.2. The molecule has 24 heavy (non-hydrogen) atoms. The largest absolute Gasteiger partial charge is 0.459 e. The van der Waals surface area contributed by atoms with Crippen molar-refractivity contribution in [2.75, 3.05) is 19.8 Å². The summed E-state index contributed by atoms with van der Waals surface area (Å²) in [4.78, 5) is 11.9. The van der Waals surface area contributed by atoms with E-state index in [9.17, 15) is 9.90 Å². The van der Waals surface area contributed by atoms with Gasteiger partial charge < -0.3 is 24.9 Å². The molecule has 1 aromatic heterocycles. The summed E-state index contributed by atoms with van der Waals surface area (Å²) in [6.07, 6.45) is -0.726. The molecule has 0 fully saturated rings. The number of aliphatic hydroxyl groups excluding tert-OH is 1. The highest BCUT2D eigenvalue weighted by Crippen LogP contribution is 2.23. The smallest absolute Gasteiger partial charge is 0.315 e. The van der Waals surface area contributed by atoms with Gasteiger partial charge in [0, 0.05) is 18.5 Å². The van der Waals surface area contributed by atoms with E-state index in [1.807, 2.05) is 51.1 Å². The van der Waals surface area contributed by atoms with Gasteiger partial charge >= 0.3 is 6.03 Å². The molecule has 0 aliphatic rings. The van der Waals surface area contributed by atoms with Crippen molar-refractivity contribution in [1.29, 1.82) is 0 Å². The molecule has 0 radical (unpaired) electrons. The normalized spacial score (nSPS) is 13.9. The van der Waals surface area contributed by atoms with E-state index in [0.717, 1.165) is 11.0 Å². The number of para-hydroxylation sites is 1. The van der Waals surface area contributed by atoms with Crippen LogP contribution in [0.2, 0.25) is 0 Å². The van der Waals surface area contributed by atoms with Gasteiger partial charge in [0.15, 0.2) is 0 Å². The Balaban J connectivity index is 1.75. The molecule has 6 heteroatoms. The molecule has 0 saturated carbocycles. The average molecular weight is 334 g/mol. The van der Waals surface area contributed by atoms with Crippen LogP contribution in [0.1, 0.15) is 32.6 Å². The quantitative estimate of drug-likeness (QED) is 0.693. The van der Waals surface area contributed by atoms with Gasteiger partial charge in [-0.3, -0.25) is 0 Å². The van der Waals surface area contributed by atoms with Crippen LogP contribution in [0.15, 0.2) is 34.7 Å². The van der Waals surface area contributed by atoms with E-state index in [1.165, 1.54) is 0 Å². The van der Waals surface area contributed by atoms with Gasteiger partial charge in [0.05, 0.1) is 18.8 Å². The number of carbonyl (C=O) groups excluding carboxylic acids is 1. The van der Waals surface area contributed by atoms with Gasteiger partial charge in [0.1, 0.15) is 11.3 Å². The molecule has 2 aromatic rings. The second-order valence-corrected chi connectivity index (χ2v) is 6.35. The Hall–Kier alpha value is -2.05. The fourth-order valence-electron chi connectivity index (χ4n) is 2.24. The number of benzene rings is 1. The molecule has 1 heterocycles. The fourth-order valence-corrected chi connectivity index (χ4v) is 2.24. The monoisotopic (exact) mass is 334 g/mol. The van der Waals surface area contributed by atoms with Crippen LogP contribution in [-0.4, -0.2) is 37.0 Å². The molecule has 2 unspecified atom stereocenters. The summed E-state index contributed by atoms with van der Waals surface area (Å²) in [5.74, 6) is 1.10. The lowest BCUT2D eigenvalue weighted by Crippen LogP contribution is -2.41. The number of aliphatic hydroxyl groups is 1. The Morgan fingerprint density at radius 3 is 2.71 bits per heavy atom. The van der Waals surface area contributed by atoms with Crippen molar-refractivity contribution in [3.63, 3.8) is 0 Å². The van der Waals surface area contributed by atoms with E-state index in [4.69, 9.17) is 9.15 Å². The minimum atomic E-state index is -0.726. The van der Waals surface area contributed by atoms with E-state index in [2.05, 4.69) is 10.6 Å². The Bertz CT molecular complexity index is 620. The van der Waals surface area contributed by atoms with E-state index in [0.29, 0.717) is 18.3 Å². The first-order valence-electron chi connectivity index (χ1n) is 8.24. The summed E-state index contributed by atoms with van der Waals surface area (Å²) < 4.78 is 11.1. The Kier molecular flexibility index (Phi) is 6.63. The van der Waals surface area contributed by atoms with Crippen molar-refractivity contribution in [2.24, 2.45) is 5.92 Å². The summed E-state index contributed by atoms with van der Waals surface area (Å²) in [7, 11) is 0. The molecular formula is C18H26N2O4. The van der Waals surface area contributed by atoms with Crippen LogP contribution in [0.25, 0.3) is 11.0 Å². The lowest BCUT2D eigenvalue weighted by molar-refractivity contribution is 0.0272. The number of furan rings is 1. The third-order valence-corrected chi connectivity index (χ3v) is 3.48. The molecular weight excluding hydrogens is 308 g/mol. The van der Waals surface area contributed by atoms with E-state index in [-0.39, 0.29) is 25.2 Å². The predicted molar refractivity (Wildman–Crippen MR) is 92.8 cm³/mol. The molecule has 0 aliphatic heterocycles. The molecule has 0 aliphatic carbocycles. The Morgan fingerprint density at radius 2 is 2.00 bits per heavy atom. The summed E-state index contributed by atoms with van der Waals surface area (Å²) in [6.45, 7) is 6.86. The topological polar surface area (TPSA) is 83.7 Å². The molecule has 6 nitrogen and oxygen atoms in total. The number of hydrogen-bond acceptors (Lipinski definition) is 4. The minimum absolute atomic E-state index is 0.136. The summed E-state index contributed by atoms with van der Waals surface area (Å²) >= 11 is 0. The van der Waals surface area contributed by atoms with Crippen molar-refractivity contribution >= 4 is 17.0 Å². The van der Waals surface area contributed by atoms with Crippen LogP contribution in [0.5, 0.6) is 0 Å². The first-order chi connectivity index (χ1) is 11.5. The number of ether oxygens (including phenoxy) is 1. The van der Waals surface area contributed by atoms with Gasteiger partial charge in [-0.2, -0.15) is 0 Å². The van der Waals surface area contributed by atoms with Crippen LogP contribution >= 0.6 is 0 Å². The lowest BCUT2D eigenvalue weighted by Gasteiger charge is -2.15. The second-order valence-electron chi connectivity index (χ2n) is 6.35. The Labute approximate surface area is 142 Å². The van der Waals surface area contributed by atoms with Crippen molar-refractivity contribution in [1.82, 2.24) is 10.6 Å². The van der Waals surface area contributed by atoms with Crippen molar-refractivity contribution < 1.29 is 19.1 Å². The molecule has 0 spiro atoms.